The van der Waals surface area contributed by atoms with Crippen LogP contribution in [-0.4, -0.2) is 58.0 Å². The fraction of sp³-hybridized carbons (Fsp3) is 0.714. The van der Waals surface area contributed by atoms with Crippen LogP contribution in [0.5, 0.6) is 0 Å². The predicted molar refractivity (Wildman–Crippen MR) is 80.2 cm³/mol. The van der Waals surface area contributed by atoms with Crippen molar-refractivity contribution in [2.75, 3.05) is 31.6 Å². The zero-order chi connectivity index (χ0) is 15.8. The highest BCUT2D eigenvalue weighted by Gasteiger charge is 2.13. The maximum atomic E-state index is 11.9. The van der Waals surface area contributed by atoms with Crippen LogP contribution in [0.3, 0.4) is 0 Å². The fourth-order valence-corrected chi connectivity index (χ4v) is 2.40. The highest BCUT2D eigenvalue weighted by Crippen LogP contribution is 2.09. The number of hydrogen-bond acceptors (Lipinski definition) is 6. The highest BCUT2D eigenvalue weighted by atomic mass is 16.5. The molecule has 0 unspecified atom stereocenters. The Kier molecular flexibility index (Phi) is 6.32. The van der Waals surface area contributed by atoms with Crippen molar-refractivity contribution >= 4 is 17.7 Å². The Balaban J connectivity index is 1.72. The van der Waals surface area contributed by atoms with E-state index in [4.69, 9.17) is 4.74 Å². The van der Waals surface area contributed by atoms with E-state index in [-0.39, 0.29) is 12.5 Å². The van der Waals surface area contributed by atoms with E-state index in [0.29, 0.717) is 18.8 Å². The molecule has 2 heterocycles. The average molecular weight is 309 g/mol. The van der Waals surface area contributed by atoms with Crippen LogP contribution in [0.25, 0.3) is 0 Å². The van der Waals surface area contributed by atoms with Gasteiger partial charge in [0.05, 0.1) is 12.8 Å². The minimum atomic E-state index is -0.402. The Hall–Kier alpha value is -1.96. The first-order valence-corrected chi connectivity index (χ1v) is 7.75. The van der Waals surface area contributed by atoms with Crippen LogP contribution in [0.15, 0.2) is 6.20 Å². The quantitative estimate of drug-likeness (QED) is 0.744. The van der Waals surface area contributed by atoms with Crippen LogP contribution < -0.4 is 5.32 Å². The molecular formula is C14H23N5O3. The smallest absolute Gasteiger partial charge is 0.329 e. The minimum Gasteiger partial charge on any atom is -0.465 e. The molecule has 8 heteroatoms. The van der Waals surface area contributed by atoms with Crippen molar-refractivity contribution < 1.29 is 14.3 Å². The molecule has 1 N–H and O–H groups in total. The lowest BCUT2D eigenvalue weighted by molar-refractivity contribution is -0.144. The summed E-state index contributed by atoms with van der Waals surface area (Å²) in [4.78, 5) is 26.7. The van der Waals surface area contributed by atoms with Crippen LogP contribution in [-0.2, 0) is 20.9 Å². The molecule has 0 radical (unpaired) electrons. The number of carbonyl (C=O) groups is 2. The Morgan fingerprint density at radius 2 is 2.09 bits per heavy atom. The van der Waals surface area contributed by atoms with Crippen LogP contribution in [0.4, 0.5) is 5.82 Å². The van der Waals surface area contributed by atoms with E-state index in [1.807, 2.05) is 0 Å². The molecule has 1 aliphatic rings. The summed E-state index contributed by atoms with van der Waals surface area (Å²) in [6, 6.07) is 0. The van der Waals surface area contributed by atoms with E-state index in [0.717, 1.165) is 19.6 Å². The molecule has 1 aromatic heterocycles. The third-order valence-corrected chi connectivity index (χ3v) is 3.48. The van der Waals surface area contributed by atoms with Gasteiger partial charge in [-0.15, -0.1) is 5.10 Å². The zero-order valence-electron chi connectivity index (χ0n) is 13.0. The van der Waals surface area contributed by atoms with Crippen molar-refractivity contribution in [2.24, 2.45) is 0 Å². The lowest BCUT2D eigenvalue weighted by Gasteiger charge is -2.25. The summed E-state index contributed by atoms with van der Waals surface area (Å²) < 4.78 is 4.81. The maximum absolute atomic E-state index is 11.9. The summed E-state index contributed by atoms with van der Waals surface area (Å²) in [5, 5.41) is 10.6. The van der Waals surface area contributed by atoms with E-state index in [1.165, 1.54) is 30.3 Å². The summed E-state index contributed by atoms with van der Waals surface area (Å²) in [5.41, 5.74) is 0. The molecule has 1 saturated heterocycles. The number of anilines is 1. The van der Waals surface area contributed by atoms with Crippen LogP contribution in [0.1, 0.15) is 32.6 Å². The lowest BCUT2D eigenvalue weighted by atomic mass is 10.1. The third-order valence-electron chi connectivity index (χ3n) is 3.48. The number of nitrogens with zero attached hydrogens (tertiary/aromatic N) is 4. The van der Waals surface area contributed by atoms with Crippen molar-refractivity contribution in [3.8, 4) is 0 Å². The van der Waals surface area contributed by atoms with Crippen molar-refractivity contribution in [1.29, 1.82) is 0 Å². The Morgan fingerprint density at radius 1 is 1.32 bits per heavy atom. The second-order valence-electron chi connectivity index (χ2n) is 5.27. The lowest BCUT2D eigenvalue weighted by Crippen LogP contribution is -2.32. The number of likely N-dealkylation sites (tertiary alicyclic amines) is 1. The van der Waals surface area contributed by atoms with Gasteiger partial charge in [-0.05, 0) is 32.9 Å². The summed E-state index contributed by atoms with van der Waals surface area (Å²) in [5.74, 6) is -0.136. The molecular weight excluding hydrogens is 286 g/mol. The number of amides is 1. The van der Waals surface area contributed by atoms with Gasteiger partial charge in [0.2, 0.25) is 5.91 Å². The van der Waals surface area contributed by atoms with Crippen molar-refractivity contribution in [3.05, 3.63) is 6.20 Å². The normalized spacial score (nSPS) is 15.5. The molecule has 0 aromatic carbocycles. The first-order chi connectivity index (χ1) is 10.7. The van der Waals surface area contributed by atoms with Gasteiger partial charge < -0.3 is 15.0 Å². The highest BCUT2D eigenvalue weighted by molar-refractivity contribution is 5.89. The molecule has 22 heavy (non-hydrogen) atoms. The Bertz CT molecular complexity index is 496. The van der Waals surface area contributed by atoms with Crippen molar-refractivity contribution in [1.82, 2.24) is 19.9 Å². The number of esters is 1. The number of piperidine rings is 1. The molecule has 1 amide bonds. The molecule has 0 spiro atoms. The largest absolute Gasteiger partial charge is 0.465 e. The second kappa shape index (κ2) is 8.47. The van der Waals surface area contributed by atoms with Gasteiger partial charge in [-0.1, -0.05) is 6.42 Å². The van der Waals surface area contributed by atoms with Crippen LogP contribution >= 0.6 is 0 Å². The van der Waals surface area contributed by atoms with Crippen LogP contribution in [0.2, 0.25) is 0 Å². The van der Waals surface area contributed by atoms with E-state index in [1.54, 1.807) is 6.92 Å². The summed E-state index contributed by atoms with van der Waals surface area (Å²) in [6.45, 7) is 4.91. The second-order valence-corrected chi connectivity index (χ2v) is 5.27. The summed E-state index contributed by atoms with van der Waals surface area (Å²) in [6.07, 6.45) is 5.57. The van der Waals surface area contributed by atoms with E-state index >= 15 is 0 Å². The SMILES string of the molecule is CCOC(=O)Cn1ncc(NC(=O)CCN2CCCCC2)n1. The molecule has 1 fully saturated rings. The standard InChI is InChI=1S/C14H23N5O3/c1-2-22-14(21)11-19-15-10-12(17-19)16-13(20)6-9-18-7-4-3-5-8-18/h10H,2-9,11H2,1H3,(H,16,17,20). The topological polar surface area (TPSA) is 89.3 Å². The molecule has 0 atom stereocenters. The molecule has 8 nitrogen and oxygen atoms in total. The van der Waals surface area contributed by atoms with Crippen molar-refractivity contribution in [2.45, 2.75) is 39.2 Å². The monoisotopic (exact) mass is 309 g/mol. The third kappa shape index (κ3) is 5.44. The molecule has 2 rings (SSSR count). The number of ether oxygens (including phenoxy) is 1. The van der Waals surface area contributed by atoms with Crippen molar-refractivity contribution in [3.63, 3.8) is 0 Å². The van der Waals surface area contributed by atoms with E-state index in [9.17, 15) is 9.59 Å². The van der Waals surface area contributed by atoms with Gasteiger partial charge in [0.1, 0.15) is 0 Å². The zero-order valence-corrected chi connectivity index (χ0v) is 13.0. The number of rotatable bonds is 7. The van der Waals surface area contributed by atoms with Gasteiger partial charge in [-0.3, -0.25) is 4.79 Å². The molecule has 0 saturated carbocycles. The number of hydrogen-bond donors (Lipinski definition) is 1. The van der Waals surface area contributed by atoms with Gasteiger partial charge >= 0.3 is 5.97 Å². The maximum Gasteiger partial charge on any atom is 0.329 e. The predicted octanol–water partition coefficient (Wildman–Crippen LogP) is 0.656. The molecule has 1 aromatic rings. The number of nitrogens with one attached hydrogen (secondary N) is 1. The number of carbonyl (C=O) groups excluding carboxylic acids is 2. The number of aromatic nitrogens is 3. The average Bonchev–Trinajstić information content (AvgIpc) is 2.93. The Labute approximate surface area is 129 Å². The van der Waals surface area contributed by atoms with Gasteiger partial charge in [-0.25, -0.2) is 4.79 Å². The first-order valence-electron chi connectivity index (χ1n) is 7.75. The molecule has 122 valence electrons. The van der Waals surface area contributed by atoms with E-state index < -0.39 is 5.97 Å². The first kappa shape index (κ1) is 16.4. The Morgan fingerprint density at radius 3 is 2.82 bits per heavy atom. The minimum absolute atomic E-state index is 0.0580. The van der Waals surface area contributed by atoms with Gasteiger partial charge in [0.25, 0.3) is 0 Å². The van der Waals surface area contributed by atoms with Gasteiger partial charge in [0.15, 0.2) is 12.4 Å². The molecule has 0 aliphatic carbocycles. The fourth-order valence-electron chi connectivity index (χ4n) is 2.40. The van der Waals surface area contributed by atoms with Gasteiger partial charge in [-0.2, -0.15) is 9.90 Å². The summed E-state index contributed by atoms with van der Waals surface area (Å²) in [7, 11) is 0. The van der Waals surface area contributed by atoms with Crippen LogP contribution in [0, 0.1) is 0 Å². The molecule has 1 aliphatic heterocycles. The molecule has 0 bridgehead atoms. The summed E-state index contributed by atoms with van der Waals surface area (Å²) >= 11 is 0. The van der Waals surface area contributed by atoms with E-state index in [2.05, 4.69) is 20.4 Å². The van der Waals surface area contributed by atoms with Gasteiger partial charge in [0, 0.05) is 13.0 Å².